The minimum atomic E-state index is -0.897. The van der Waals surface area contributed by atoms with Crippen LogP contribution >= 0.6 is 0 Å². The summed E-state index contributed by atoms with van der Waals surface area (Å²) >= 11 is 0. The van der Waals surface area contributed by atoms with Crippen LogP contribution in [-0.2, 0) is 14.3 Å². The molecule has 0 heterocycles. The number of aromatic hydroxyl groups is 1. The third kappa shape index (κ3) is 3.62. The Bertz CT molecular complexity index is 476. The zero-order valence-corrected chi connectivity index (χ0v) is 10.2. The molecule has 1 N–H and O–H groups in total. The second-order valence-corrected chi connectivity index (χ2v) is 3.35. The molecule has 0 saturated carbocycles. The molecule has 0 aliphatic heterocycles. The van der Waals surface area contributed by atoms with Crippen molar-refractivity contribution in [2.75, 3.05) is 13.7 Å². The summed E-state index contributed by atoms with van der Waals surface area (Å²) in [5, 5.41) is 9.51. The van der Waals surface area contributed by atoms with E-state index in [1.807, 2.05) is 0 Å². The van der Waals surface area contributed by atoms with Crippen LogP contribution < -0.4 is 4.74 Å². The maximum atomic E-state index is 11.3. The second-order valence-electron chi connectivity index (χ2n) is 3.35. The first-order chi connectivity index (χ1) is 8.58. The Morgan fingerprint density at radius 3 is 2.67 bits per heavy atom. The number of esters is 1. The maximum Gasteiger partial charge on any atom is 0.379 e. The van der Waals surface area contributed by atoms with Gasteiger partial charge in [-0.1, -0.05) is 12.1 Å². The molecule has 0 aliphatic rings. The molecule has 0 fully saturated rings. The number of carbonyl (C=O) groups excluding carboxylic acids is 2. The van der Waals surface area contributed by atoms with Crippen molar-refractivity contribution in [2.45, 2.75) is 6.92 Å². The summed E-state index contributed by atoms with van der Waals surface area (Å²) in [7, 11) is 1.44. The average Bonchev–Trinajstić information content (AvgIpc) is 2.36. The van der Waals surface area contributed by atoms with E-state index in [4.69, 9.17) is 4.74 Å². The lowest BCUT2D eigenvalue weighted by Gasteiger charge is -2.03. The lowest BCUT2D eigenvalue weighted by Crippen LogP contribution is -2.14. The van der Waals surface area contributed by atoms with E-state index in [1.54, 1.807) is 19.1 Å². The van der Waals surface area contributed by atoms with Gasteiger partial charge < -0.3 is 14.6 Å². The summed E-state index contributed by atoms with van der Waals surface area (Å²) in [6.45, 7) is 1.78. The van der Waals surface area contributed by atoms with Crippen molar-refractivity contribution in [3.05, 3.63) is 29.8 Å². The molecular weight excluding hydrogens is 236 g/mol. The Kier molecular flexibility index (Phi) is 4.92. The summed E-state index contributed by atoms with van der Waals surface area (Å²) in [5.41, 5.74) is 0.575. The van der Waals surface area contributed by atoms with Gasteiger partial charge in [0.15, 0.2) is 11.5 Å². The molecule has 0 bridgehead atoms. The van der Waals surface area contributed by atoms with E-state index in [9.17, 15) is 14.7 Å². The first-order valence-electron chi connectivity index (χ1n) is 5.34. The number of hydrogen-bond donors (Lipinski definition) is 1. The van der Waals surface area contributed by atoms with Crippen molar-refractivity contribution in [3.63, 3.8) is 0 Å². The number of ketones is 1. The Morgan fingerprint density at radius 1 is 1.39 bits per heavy atom. The van der Waals surface area contributed by atoms with Crippen molar-refractivity contribution in [2.24, 2.45) is 0 Å². The summed E-state index contributed by atoms with van der Waals surface area (Å²) in [4.78, 5) is 22.3. The third-order valence-electron chi connectivity index (χ3n) is 2.11. The zero-order valence-electron chi connectivity index (χ0n) is 10.2. The fourth-order valence-electron chi connectivity index (χ4n) is 1.25. The van der Waals surface area contributed by atoms with E-state index < -0.39 is 11.8 Å². The predicted molar refractivity (Wildman–Crippen MR) is 65.3 cm³/mol. The molecule has 0 unspecified atom stereocenters. The van der Waals surface area contributed by atoms with Gasteiger partial charge in [-0.3, -0.25) is 4.79 Å². The molecule has 0 aliphatic carbocycles. The highest BCUT2D eigenvalue weighted by Crippen LogP contribution is 2.26. The molecule has 1 rings (SSSR count). The molecule has 0 atom stereocenters. The average molecular weight is 250 g/mol. The van der Waals surface area contributed by atoms with E-state index in [0.29, 0.717) is 11.3 Å². The molecule has 96 valence electrons. The minimum absolute atomic E-state index is 0.0387. The van der Waals surface area contributed by atoms with Crippen LogP contribution in [0.5, 0.6) is 11.5 Å². The minimum Gasteiger partial charge on any atom is -0.504 e. The van der Waals surface area contributed by atoms with Gasteiger partial charge in [-0.05, 0) is 30.7 Å². The van der Waals surface area contributed by atoms with Gasteiger partial charge in [0.1, 0.15) is 0 Å². The molecule has 5 nitrogen and oxygen atoms in total. The number of phenols is 1. The van der Waals surface area contributed by atoms with Gasteiger partial charge in [-0.15, -0.1) is 0 Å². The molecular formula is C13H14O5. The van der Waals surface area contributed by atoms with Crippen LogP contribution in [0.15, 0.2) is 24.3 Å². The van der Waals surface area contributed by atoms with E-state index in [1.165, 1.54) is 19.3 Å². The predicted octanol–water partition coefficient (Wildman–Crippen LogP) is 1.55. The normalized spacial score (nSPS) is 10.3. The topological polar surface area (TPSA) is 72.8 Å². The maximum absolute atomic E-state index is 11.3. The van der Waals surface area contributed by atoms with Gasteiger partial charge in [-0.2, -0.15) is 0 Å². The van der Waals surface area contributed by atoms with Crippen molar-refractivity contribution in [3.8, 4) is 11.5 Å². The highest BCUT2D eigenvalue weighted by molar-refractivity contribution is 6.39. The number of carbonyl (C=O) groups is 2. The van der Waals surface area contributed by atoms with Gasteiger partial charge in [0.25, 0.3) is 5.78 Å². The molecule has 0 saturated heterocycles. The van der Waals surface area contributed by atoms with Gasteiger partial charge in [0.2, 0.25) is 0 Å². The highest BCUT2D eigenvalue weighted by atomic mass is 16.5. The first-order valence-corrected chi connectivity index (χ1v) is 5.34. The Labute approximate surface area is 105 Å². The van der Waals surface area contributed by atoms with Crippen LogP contribution in [0.1, 0.15) is 12.5 Å². The van der Waals surface area contributed by atoms with Crippen molar-refractivity contribution in [1.29, 1.82) is 0 Å². The van der Waals surface area contributed by atoms with Crippen LogP contribution in [0.2, 0.25) is 0 Å². The van der Waals surface area contributed by atoms with Crippen molar-refractivity contribution < 1.29 is 24.2 Å². The summed E-state index contributed by atoms with van der Waals surface area (Å²) in [5.74, 6) is -1.34. The van der Waals surface area contributed by atoms with Gasteiger partial charge in [0.05, 0.1) is 13.7 Å². The number of methoxy groups -OCH3 is 1. The molecule has 1 aromatic carbocycles. The lowest BCUT2D eigenvalue weighted by atomic mass is 10.1. The number of ether oxygens (including phenoxy) is 2. The first kappa shape index (κ1) is 13.8. The van der Waals surface area contributed by atoms with Gasteiger partial charge in [0, 0.05) is 0 Å². The largest absolute Gasteiger partial charge is 0.504 e. The van der Waals surface area contributed by atoms with E-state index in [2.05, 4.69) is 4.74 Å². The summed E-state index contributed by atoms with van der Waals surface area (Å²) in [6, 6.07) is 4.63. The van der Waals surface area contributed by atoms with Crippen molar-refractivity contribution >= 4 is 17.8 Å². The number of benzene rings is 1. The lowest BCUT2D eigenvalue weighted by molar-refractivity contribution is -0.151. The van der Waals surface area contributed by atoms with Gasteiger partial charge >= 0.3 is 5.97 Å². The monoisotopic (exact) mass is 250 g/mol. The standard InChI is InChI=1S/C13H14O5/c1-3-18-13(16)10(14)6-4-9-5-7-12(17-2)11(15)8-9/h4-8,15H,3H2,1-2H3/b6-4+. The van der Waals surface area contributed by atoms with Gasteiger partial charge in [-0.25, -0.2) is 4.79 Å². The quantitative estimate of drug-likeness (QED) is 0.487. The summed E-state index contributed by atoms with van der Waals surface area (Å²) < 4.78 is 9.42. The smallest absolute Gasteiger partial charge is 0.379 e. The Hall–Kier alpha value is -2.30. The van der Waals surface area contributed by atoms with Crippen LogP contribution in [0.3, 0.4) is 0 Å². The molecule has 0 radical (unpaired) electrons. The molecule has 18 heavy (non-hydrogen) atoms. The van der Waals surface area contributed by atoms with Crippen LogP contribution in [0.4, 0.5) is 0 Å². The SMILES string of the molecule is CCOC(=O)C(=O)/C=C/c1ccc(OC)c(O)c1. The molecule has 1 aromatic rings. The fraction of sp³-hybridized carbons (Fsp3) is 0.231. The third-order valence-corrected chi connectivity index (χ3v) is 2.11. The molecule has 0 aromatic heterocycles. The zero-order chi connectivity index (χ0) is 13.5. The summed E-state index contributed by atoms with van der Waals surface area (Å²) in [6.07, 6.45) is 2.51. The highest BCUT2D eigenvalue weighted by Gasteiger charge is 2.10. The van der Waals surface area contributed by atoms with E-state index in [0.717, 1.165) is 6.08 Å². The Morgan fingerprint density at radius 2 is 2.11 bits per heavy atom. The second kappa shape index (κ2) is 6.44. The molecule has 5 heteroatoms. The fourth-order valence-corrected chi connectivity index (χ4v) is 1.25. The molecule has 0 amide bonds. The number of rotatable bonds is 5. The number of hydrogen-bond acceptors (Lipinski definition) is 5. The van der Waals surface area contributed by atoms with E-state index >= 15 is 0 Å². The van der Waals surface area contributed by atoms with Crippen molar-refractivity contribution in [1.82, 2.24) is 0 Å². The Balaban J connectivity index is 2.76. The van der Waals surface area contributed by atoms with E-state index in [-0.39, 0.29) is 12.4 Å². The van der Waals surface area contributed by atoms with Crippen LogP contribution in [-0.4, -0.2) is 30.6 Å². The number of phenolic OH excluding ortho intramolecular Hbond substituents is 1. The van der Waals surface area contributed by atoms with Crippen LogP contribution in [0, 0.1) is 0 Å². The molecule has 0 spiro atoms. The van der Waals surface area contributed by atoms with Crippen LogP contribution in [0.25, 0.3) is 6.08 Å².